The van der Waals surface area contributed by atoms with Crippen molar-refractivity contribution in [1.29, 1.82) is 0 Å². The van der Waals surface area contributed by atoms with Crippen LogP contribution in [0.2, 0.25) is 0 Å². The molecular formula is C16H18N4. The van der Waals surface area contributed by atoms with Gasteiger partial charge in [-0.25, -0.2) is 19.9 Å². The van der Waals surface area contributed by atoms with E-state index in [0.717, 1.165) is 56.0 Å². The average molecular weight is 266 g/mol. The maximum Gasteiger partial charge on any atom is 0.117 e. The monoisotopic (exact) mass is 266 g/mol. The zero-order valence-electron chi connectivity index (χ0n) is 12.8. The molecule has 0 amide bonds. The van der Waals surface area contributed by atoms with Gasteiger partial charge in [-0.3, -0.25) is 0 Å². The molecule has 4 nitrogen and oxygen atoms in total. The summed E-state index contributed by atoms with van der Waals surface area (Å²) >= 11 is 0. The average Bonchev–Trinajstić information content (AvgIpc) is 2.41. The molecule has 0 atom stereocenters. The number of aryl methyl sites for hydroxylation is 6. The van der Waals surface area contributed by atoms with Gasteiger partial charge in [0.05, 0.1) is 33.8 Å². The van der Waals surface area contributed by atoms with Crippen LogP contribution in [0.1, 0.15) is 33.9 Å². The van der Waals surface area contributed by atoms with E-state index in [1.54, 1.807) is 0 Å². The molecule has 0 aliphatic carbocycles. The third kappa shape index (κ3) is 1.68. The van der Waals surface area contributed by atoms with Gasteiger partial charge in [0.15, 0.2) is 0 Å². The van der Waals surface area contributed by atoms with Gasteiger partial charge >= 0.3 is 0 Å². The highest BCUT2D eigenvalue weighted by Gasteiger charge is 2.15. The molecule has 0 saturated carbocycles. The minimum absolute atomic E-state index is 0.863. The van der Waals surface area contributed by atoms with Gasteiger partial charge in [-0.1, -0.05) is 0 Å². The van der Waals surface area contributed by atoms with E-state index in [9.17, 15) is 0 Å². The van der Waals surface area contributed by atoms with E-state index in [0.29, 0.717) is 0 Å². The summed E-state index contributed by atoms with van der Waals surface area (Å²) in [6.07, 6.45) is 0. The predicted molar refractivity (Wildman–Crippen MR) is 81.1 cm³/mol. The SMILES string of the molecule is Cc1nc2c(C)c(C)c3nc(C)c(C)nc3c2nc1C. The van der Waals surface area contributed by atoms with Crippen molar-refractivity contribution in [2.75, 3.05) is 0 Å². The summed E-state index contributed by atoms with van der Waals surface area (Å²) < 4.78 is 0. The van der Waals surface area contributed by atoms with Crippen LogP contribution in [0.3, 0.4) is 0 Å². The molecule has 102 valence electrons. The van der Waals surface area contributed by atoms with Crippen molar-refractivity contribution in [2.45, 2.75) is 41.5 Å². The molecule has 0 aliphatic heterocycles. The van der Waals surface area contributed by atoms with E-state index in [-0.39, 0.29) is 0 Å². The molecular weight excluding hydrogens is 248 g/mol. The molecule has 0 saturated heterocycles. The molecule has 0 spiro atoms. The van der Waals surface area contributed by atoms with Crippen LogP contribution in [0.5, 0.6) is 0 Å². The Hall–Kier alpha value is -2.10. The van der Waals surface area contributed by atoms with Gasteiger partial charge in [0.2, 0.25) is 0 Å². The standard InChI is InChI=1S/C16H18N4/c1-7-8(2)14-16(20-12(6)10(4)18-14)15-13(7)17-9(3)11(5)19-15/h1-6H3. The zero-order valence-corrected chi connectivity index (χ0v) is 12.8. The molecule has 1 aromatic carbocycles. The van der Waals surface area contributed by atoms with Crippen LogP contribution in [0.15, 0.2) is 0 Å². The minimum atomic E-state index is 0.863. The largest absolute Gasteiger partial charge is 0.249 e. The summed E-state index contributed by atoms with van der Waals surface area (Å²) in [5.41, 5.74) is 9.72. The summed E-state index contributed by atoms with van der Waals surface area (Å²) in [5, 5.41) is 0. The highest BCUT2D eigenvalue weighted by Crippen LogP contribution is 2.28. The van der Waals surface area contributed by atoms with Crippen LogP contribution < -0.4 is 0 Å². The molecule has 4 heteroatoms. The van der Waals surface area contributed by atoms with Crippen LogP contribution in [0.4, 0.5) is 0 Å². The molecule has 0 fully saturated rings. The second kappa shape index (κ2) is 4.20. The second-order valence-corrected chi connectivity index (χ2v) is 5.43. The third-order valence-corrected chi connectivity index (χ3v) is 4.11. The van der Waals surface area contributed by atoms with Crippen molar-refractivity contribution >= 4 is 22.1 Å². The van der Waals surface area contributed by atoms with Crippen molar-refractivity contribution in [3.63, 3.8) is 0 Å². The molecule has 20 heavy (non-hydrogen) atoms. The number of fused-ring (bicyclic) bond motifs is 3. The van der Waals surface area contributed by atoms with Gasteiger partial charge in [0.1, 0.15) is 11.0 Å². The van der Waals surface area contributed by atoms with Gasteiger partial charge in [0, 0.05) is 0 Å². The molecule has 0 radical (unpaired) electrons. The van der Waals surface area contributed by atoms with E-state index < -0.39 is 0 Å². The number of benzene rings is 1. The maximum absolute atomic E-state index is 4.71. The van der Waals surface area contributed by atoms with Crippen LogP contribution in [-0.4, -0.2) is 19.9 Å². The fraction of sp³-hybridized carbons (Fsp3) is 0.375. The predicted octanol–water partition coefficient (Wildman–Crippen LogP) is 3.42. The van der Waals surface area contributed by atoms with E-state index in [1.807, 2.05) is 27.7 Å². The van der Waals surface area contributed by atoms with E-state index in [2.05, 4.69) is 13.8 Å². The Kier molecular flexibility index (Phi) is 2.71. The fourth-order valence-electron chi connectivity index (χ4n) is 2.41. The number of nitrogens with zero attached hydrogens (tertiary/aromatic N) is 4. The lowest BCUT2D eigenvalue weighted by Crippen LogP contribution is -2.02. The summed E-state index contributed by atoms with van der Waals surface area (Å²) in [6.45, 7) is 12.1. The Morgan fingerprint density at radius 3 is 0.950 bits per heavy atom. The Labute approximate surface area is 118 Å². The summed E-state index contributed by atoms with van der Waals surface area (Å²) in [4.78, 5) is 18.8. The van der Waals surface area contributed by atoms with E-state index in [1.165, 1.54) is 0 Å². The number of hydrogen-bond donors (Lipinski definition) is 0. The molecule has 0 aliphatic rings. The second-order valence-electron chi connectivity index (χ2n) is 5.43. The number of rotatable bonds is 0. The number of hydrogen-bond acceptors (Lipinski definition) is 4. The highest BCUT2D eigenvalue weighted by atomic mass is 14.9. The summed E-state index contributed by atoms with van der Waals surface area (Å²) in [5.74, 6) is 0. The summed E-state index contributed by atoms with van der Waals surface area (Å²) in [6, 6.07) is 0. The van der Waals surface area contributed by atoms with Gasteiger partial charge in [0.25, 0.3) is 0 Å². The molecule has 2 aromatic heterocycles. The number of aromatic nitrogens is 4. The first-order valence-electron chi connectivity index (χ1n) is 6.79. The quantitative estimate of drug-likeness (QED) is 0.585. The molecule has 0 N–H and O–H groups in total. The first-order chi connectivity index (χ1) is 9.40. The maximum atomic E-state index is 4.71. The summed E-state index contributed by atoms with van der Waals surface area (Å²) in [7, 11) is 0. The minimum Gasteiger partial charge on any atom is -0.249 e. The van der Waals surface area contributed by atoms with Gasteiger partial charge < -0.3 is 0 Å². The first-order valence-corrected chi connectivity index (χ1v) is 6.79. The van der Waals surface area contributed by atoms with Crippen molar-refractivity contribution in [3.8, 4) is 0 Å². The Morgan fingerprint density at radius 2 is 0.650 bits per heavy atom. The lowest BCUT2D eigenvalue weighted by atomic mass is 10.0. The zero-order chi connectivity index (χ0) is 14.6. The Balaban J connectivity index is 2.64. The Morgan fingerprint density at radius 1 is 0.400 bits per heavy atom. The lowest BCUT2D eigenvalue weighted by Gasteiger charge is -2.12. The molecule has 0 bridgehead atoms. The third-order valence-electron chi connectivity index (χ3n) is 4.11. The smallest absolute Gasteiger partial charge is 0.117 e. The molecule has 2 heterocycles. The highest BCUT2D eigenvalue weighted by molar-refractivity contribution is 6.03. The topological polar surface area (TPSA) is 51.6 Å². The van der Waals surface area contributed by atoms with E-state index >= 15 is 0 Å². The van der Waals surface area contributed by atoms with Crippen molar-refractivity contribution in [3.05, 3.63) is 33.9 Å². The van der Waals surface area contributed by atoms with Gasteiger partial charge in [-0.05, 0) is 52.7 Å². The van der Waals surface area contributed by atoms with Gasteiger partial charge in [-0.2, -0.15) is 0 Å². The van der Waals surface area contributed by atoms with Crippen molar-refractivity contribution in [2.24, 2.45) is 0 Å². The lowest BCUT2D eigenvalue weighted by molar-refractivity contribution is 1.07. The van der Waals surface area contributed by atoms with Crippen LogP contribution in [0, 0.1) is 41.5 Å². The van der Waals surface area contributed by atoms with Crippen molar-refractivity contribution < 1.29 is 0 Å². The Bertz CT molecular complexity index is 793. The van der Waals surface area contributed by atoms with E-state index in [4.69, 9.17) is 19.9 Å². The van der Waals surface area contributed by atoms with Crippen LogP contribution in [0.25, 0.3) is 22.1 Å². The van der Waals surface area contributed by atoms with Crippen LogP contribution >= 0.6 is 0 Å². The first kappa shape index (κ1) is 12.9. The molecule has 0 unspecified atom stereocenters. The molecule has 3 rings (SSSR count). The normalized spacial score (nSPS) is 11.5. The molecule has 3 aromatic rings. The van der Waals surface area contributed by atoms with Crippen molar-refractivity contribution in [1.82, 2.24) is 19.9 Å². The van der Waals surface area contributed by atoms with Crippen LogP contribution in [-0.2, 0) is 0 Å². The van der Waals surface area contributed by atoms with Gasteiger partial charge in [-0.15, -0.1) is 0 Å². The fourth-order valence-corrected chi connectivity index (χ4v) is 2.41.